The first-order valence-corrected chi connectivity index (χ1v) is 8.72. The van der Waals surface area contributed by atoms with E-state index in [1.165, 1.54) is 31.7 Å². The summed E-state index contributed by atoms with van der Waals surface area (Å²) in [6, 6.07) is 5.43. The molecule has 1 aromatic heterocycles. The molecular weight excluding hydrogens is 347 g/mol. The molecule has 0 atom stereocenters. The van der Waals surface area contributed by atoms with Gasteiger partial charge in [-0.2, -0.15) is 0 Å². The average Bonchev–Trinajstić information content (AvgIpc) is 2.60. The molecule has 126 valence electrons. The molecule has 1 aromatic carbocycles. The third-order valence-corrected chi connectivity index (χ3v) is 4.77. The van der Waals surface area contributed by atoms with Crippen LogP contribution in [-0.2, 0) is 0 Å². The fraction of sp³-hybridized carbons (Fsp3) is 0.353. The molecule has 1 saturated carbocycles. The maximum absolute atomic E-state index is 12.2. The summed E-state index contributed by atoms with van der Waals surface area (Å²) in [6.07, 6.45) is 8.73. The summed E-state index contributed by atoms with van der Waals surface area (Å²) < 4.78 is 0. The SMILES string of the molecule is O=C(NC1CCCCC1)c1cnc(Nc2ccc(Cl)c(Cl)c2)nc1. The van der Waals surface area contributed by atoms with Crippen LogP contribution in [0.5, 0.6) is 0 Å². The molecule has 0 saturated heterocycles. The van der Waals surface area contributed by atoms with Gasteiger partial charge in [0.15, 0.2) is 0 Å². The molecule has 5 nitrogen and oxygen atoms in total. The van der Waals surface area contributed by atoms with Crippen molar-refractivity contribution in [3.8, 4) is 0 Å². The van der Waals surface area contributed by atoms with Gasteiger partial charge in [0.2, 0.25) is 5.95 Å². The zero-order valence-corrected chi connectivity index (χ0v) is 14.6. The number of hydrogen-bond acceptors (Lipinski definition) is 4. The Balaban J connectivity index is 1.61. The second kappa shape index (κ2) is 7.81. The zero-order valence-electron chi connectivity index (χ0n) is 13.1. The summed E-state index contributed by atoms with van der Waals surface area (Å²) in [5.74, 6) is 0.269. The summed E-state index contributed by atoms with van der Waals surface area (Å²) in [6.45, 7) is 0. The summed E-state index contributed by atoms with van der Waals surface area (Å²) >= 11 is 11.9. The molecule has 0 unspecified atom stereocenters. The Kier molecular flexibility index (Phi) is 5.53. The van der Waals surface area contributed by atoms with E-state index in [1.807, 2.05) is 0 Å². The van der Waals surface area contributed by atoms with E-state index < -0.39 is 0 Å². The molecule has 2 aromatic rings. The van der Waals surface area contributed by atoms with E-state index in [-0.39, 0.29) is 11.9 Å². The van der Waals surface area contributed by atoms with Gasteiger partial charge in [0.05, 0.1) is 15.6 Å². The Hall–Kier alpha value is -1.85. The molecule has 0 radical (unpaired) electrons. The fourth-order valence-corrected chi connectivity index (χ4v) is 3.03. The molecule has 3 rings (SSSR count). The van der Waals surface area contributed by atoms with Crippen LogP contribution in [0, 0.1) is 0 Å². The molecule has 0 spiro atoms. The predicted molar refractivity (Wildman–Crippen MR) is 96.1 cm³/mol. The highest BCUT2D eigenvalue weighted by molar-refractivity contribution is 6.42. The average molecular weight is 365 g/mol. The minimum atomic E-state index is -0.122. The Labute approximate surface area is 150 Å². The van der Waals surface area contributed by atoms with E-state index in [2.05, 4.69) is 20.6 Å². The van der Waals surface area contributed by atoms with Gasteiger partial charge in [-0.05, 0) is 31.0 Å². The van der Waals surface area contributed by atoms with Crippen LogP contribution in [0.15, 0.2) is 30.6 Å². The molecule has 1 fully saturated rings. The molecule has 2 N–H and O–H groups in total. The summed E-state index contributed by atoms with van der Waals surface area (Å²) in [7, 11) is 0. The van der Waals surface area contributed by atoms with Crippen LogP contribution in [0.3, 0.4) is 0 Å². The monoisotopic (exact) mass is 364 g/mol. The smallest absolute Gasteiger partial charge is 0.254 e. The van der Waals surface area contributed by atoms with Crippen molar-refractivity contribution in [2.75, 3.05) is 5.32 Å². The lowest BCUT2D eigenvalue weighted by atomic mass is 9.95. The molecular formula is C17H18Cl2N4O. The number of nitrogens with zero attached hydrogens (tertiary/aromatic N) is 2. The Bertz CT molecular complexity index is 715. The first kappa shape index (κ1) is 17.0. The van der Waals surface area contributed by atoms with Gasteiger partial charge in [0.1, 0.15) is 0 Å². The number of rotatable bonds is 4. The van der Waals surface area contributed by atoms with E-state index >= 15 is 0 Å². The second-order valence-corrected chi connectivity index (χ2v) is 6.67. The van der Waals surface area contributed by atoms with Crippen molar-refractivity contribution in [3.63, 3.8) is 0 Å². The highest BCUT2D eigenvalue weighted by Crippen LogP contribution is 2.26. The van der Waals surface area contributed by atoms with Crippen molar-refractivity contribution < 1.29 is 4.79 Å². The normalized spacial score (nSPS) is 15.1. The Morgan fingerprint density at radius 1 is 1.04 bits per heavy atom. The van der Waals surface area contributed by atoms with E-state index in [9.17, 15) is 4.79 Å². The number of carbonyl (C=O) groups excluding carboxylic acids is 1. The van der Waals surface area contributed by atoms with Crippen LogP contribution in [0.1, 0.15) is 42.5 Å². The topological polar surface area (TPSA) is 66.9 Å². The van der Waals surface area contributed by atoms with Gasteiger partial charge in [0.25, 0.3) is 5.91 Å². The lowest BCUT2D eigenvalue weighted by Gasteiger charge is -2.22. The number of anilines is 2. The first-order valence-electron chi connectivity index (χ1n) is 7.97. The first-order chi connectivity index (χ1) is 11.6. The van der Waals surface area contributed by atoms with E-state index in [1.54, 1.807) is 18.2 Å². The number of nitrogens with one attached hydrogen (secondary N) is 2. The number of aromatic nitrogens is 2. The van der Waals surface area contributed by atoms with Gasteiger partial charge in [0, 0.05) is 24.1 Å². The van der Waals surface area contributed by atoms with E-state index in [0.717, 1.165) is 18.5 Å². The third-order valence-electron chi connectivity index (χ3n) is 4.03. The molecule has 7 heteroatoms. The number of benzene rings is 1. The minimum Gasteiger partial charge on any atom is -0.349 e. The van der Waals surface area contributed by atoms with Crippen LogP contribution in [0.2, 0.25) is 10.0 Å². The molecule has 1 heterocycles. The van der Waals surface area contributed by atoms with Crippen LogP contribution < -0.4 is 10.6 Å². The molecule has 1 aliphatic carbocycles. The van der Waals surface area contributed by atoms with E-state index in [0.29, 0.717) is 21.6 Å². The van der Waals surface area contributed by atoms with Crippen molar-refractivity contribution in [2.24, 2.45) is 0 Å². The van der Waals surface area contributed by atoms with Crippen molar-refractivity contribution in [1.29, 1.82) is 0 Å². The predicted octanol–water partition coefficient (Wildman–Crippen LogP) is 4.59. The summed E-state index contributed by atoms with van der Waals surface area (Å²) in [5, 5.41) is 7.00. The summed E-state index contributed by atoms with van der Waals surface area (Å²) in [4.78, 5) is 20.6. The van der Waals surface area contributed by atoms with Crippen molar-refractivity contribution in [3.05, 3.63) is 46.2 Å². The van der Waals surface area contributed by atoms with Crippen LogP contribution >= 0.6 is 23.2 Å². The molecule has 0 aliphatic heterocycles. The van der Waals surface area contributed by atoms with Gasteiger partial charge < -0.3 is 10.6 Å². The Morgan fingerprint density at radius 3 is 2.42 bits per heavy atom. The highest BCUT2D eigenvalue weighted by Gasteiger charge is 2.17. The van der Waals surface area contributed by atoms with E-state index in [4.69, 9.17) is 23.2 Å². The van der Waals surface area contributed by atoms with Crippen LogP contribution in [-0.4, -0.2) is 21.9 Å². The van der Waals surface area contributed by atoms with Gasteiger partial charge >= 0.3 is 0 Å². The van der Waals surface area contributed by atoms with Gasteiger partial charge in [-0.1, -0.05) is 42.5 Å². The third kappa shape index (κ3) is 4.36. The number of halogens is 2. The molecule has 1 amide bonds. The fourth-order valence-electron chi connectivity index (χ4n) is 2.73. The minimum absolute atomic E-state index is 0.122. The lowest BCUT2D eigenvalue weighted by molar-refractivity contribution is 0.0927. The van der Waals surface area contributed by atoms with Crippen molar-refractivity contribution >= 4 is 40.7 Å². The van der Waals surface area contributed by atoms with Gasteiger partial charge in [-0.15, -0.1) is 0 Å². The van der Waals surface area contributed by atoms with Gasteiger partial charge in [-0.3, -0.25) is 4.79 Å². The standard InChI is InChI=1S/C17H18Cl2N4O/c18-14-7-6-13(8-15(14)19)23-17-20-9-11(10-21-17)16(24)22-12-4-2-1-3-5-12/h6-10,12H,1-5H2,(H,22,24)(H,20,21,23). The lowest BCUT2D eigenvalue weighted by Crippen LogP contribution is -2.36. The second-order valence-electron chi connectivity index (χ2n) is 5.86. The number of amides is 1. The van der Waals surface area contributed by atoms with Crippen LogP contribution in [0.4, 0.5) is 11.6 Å². The quantitative estimate of drug-likeness (QED) is 0.832. The molecule has 0 bridgehead atoms. The molecule has 24 heavy (non-hydrogen) atoms. The largest absolute Gasteiger partial charge is 0.349 e. The highest BCUT2D eigenvalue weighted by atomic mass is 35.5. The Morgan fingerprint density at radius 2 is 1.75 bits per heavy atom. The number of carbonyl (C=O) groups is 1. The number of hydrogen-bond donors (Lipinski definition) is 2. The van der Waals surface area contributed by atoms with Crippen molar-refractivity contribution in [1.82, 2.24) is 15.3 Å². The van der Waals surface area contributed by atoms with Crippen LogP contribution in [0.25, 0.3) is 0 Å². The van der Waals surface area contributed by atoms with Gasteiger partial charge in [-0.25, -0.2) is 9.97 Å². The maximum Gasteiger partial charge on any atom is 0.254 e. The molecule has 1 aliphatic rings. The zero-order chi connectivity index (χ0) is 16.9. The maximum atomic E-state index is 12.2. The van der Waals surface area contributed by atoms with Crippen molar-refractivity contribution in [2.45, 2.75) is 38.1 Å². The summed E-state index contributed by atoms with van der Waals surface area (Å²) in [5.41, 5.74) is 1.18.